The van der Waals surface area contributed by atoms with E-state index in [1.165, 1.54) is 115 Å². The quantitative estimate of drug-likeness (QED) is 0.0132. The van der Waals surface area contributed by atoms with Crippen molar-refractivity contribution in [3.05, 3.63) is 285 Å². The number of aliphatic imine (C=N–C) groups is 2. The van der Waals surface area contributed by atoms with Gasteiger partial charge in [-0.2, -0.15) is 4.72 Å². The lowest BCUT2D eigenvalue weighted by Gasteiger charge is -2.16. The predicted molar refractivity (Wildman–Crippen MR) is 531 cm³/mol. The number of benzene rings is 4. The Kier molecular flexibility index (Phi) is 40.7. The number of pyridine rings is 8. The lowest BCUT2D eigenvalue weighted by Crippen LogP contribution is -2.49. The molecule has 0 aliphatic rings. The molecule has 0 fully saturated rings. The van der Waals surface area contributed by atoms with Gasteiger partial charge in [-0.05, 0) is 186 Å². The maximum absolute atomic E-state index is 12.9. The number of fused-ring (bicyclic) bond motifs is 4. The molecule has 0 spiro atoms. The smallest absolute Gasteiger partial charge is 0.323 e. The second kappa shape index (κ2) is 52.7. The van der Waals surface area contributed by atoms with Gasteiger partial charge in [-0.1, -0.05) is 86.1 Å². The molecule has 4 atom stereocenters. The van der Waals surface area contributed by atoms with Crippen molar-refractivity contribution in [3.8, 4) is 23.0 Å². The maximum atomic E-state index is 12.9. The molecule has 8 amide bonds. The molecule has 8 aromatic heterocycles. The number of urea groups is 4. The number of aliphatic carboxylic acids is 1. The topological polar surface area (TPSA) is 664 Å². The van der Waals surface area contributed by atoms with Crippen molar-refractivity contribution in [1.29, 1.82) is 0 Å². The van der Waals surface area contributed by atoms with Crippen LogP contribution in [-0.4, -0.2) is 195 Å². The van der Waals surface area contributed by atoms with E-state index in [0.29, 0.717) is 110 Å². The highest BCUT2D eigenvalue weighted by Gasteiger charge is 2.28. The highest BCUT2D eigenvalue weighted by Crippen LogP contribution is 2.21. The normalized spacial score (nSPS) is 12.1. The lowest BCUT2D eigenvalue weighted by molar-refractivity contribution is -0.138. The number of anilines is 4. The molecule has 746 valence electrons. The Morgan fingerprint density at radius 2 is 0.586 bits per heavy atom. The van der Waals surface area contributed by atoms with E-state index in [4.69, 9.17) is 47.6 Å². The summed E-state index contributed by atoms with van der Waals surface area (Å²) in [7, 11) is -15.3. The highest BCUT2D eigenvalue weighted by molar-refractivity contribution is 7.90. The Morgan fingerprint density at radius 1 is 0.343 bits per heavy atom. The summed E-state index contributed by atoms with van der Waals surface area (Å²) >= 11 is 0. The van der Waals surface area contributed by atoms with Crippen molar-refractivity contribution >= 4 is 127 Å². The third-order valence-corrected chi connectivity index (χ3v) is 25.8. The summed E-state index contributed by atoms with van der Waals surface area (Å²) in [5, 5.41) is 29.3. The van der Waals surface area contributed by atoms with Gasteiger partial charge >= 0.3 is 30.1 Å². The van der Waals surface area contributed by atoms with E-state index in [1.807, 2.05) is 4.72 Å². The average molecular weight is 2010 g/mol. The third kappa shape index (κ3) is 34.0. The number of nitrogens with two attached hydrogens (primary N) is 5. The fourth-order valence-electron chi connectivity index (χ4n) is 12.5. The third-order valence-electron chi connectivity index (χ3n) is 19.5. The standard InChI is InChI=1S/C23H27N7O7S.C23H29N7O5S.C23H28N4O5S.C22H27N5O5S/c24-22(25)26-11-4-12-37-16-9-7-15-8-10-18(20(31)30(15)14-16)28-23(34)27-13-19(21(32)33)29-38(35,36)17-5-2-1-3-6-17;1-16(29-36(33,34)19-6-3-2-4-7-19)14-27-23(32)28-20-11-9-17-8-10-18(15-30(17)21(20)31)35-13-5-12-26-22(24)25;1-3-4-14-32-19-12-10-18-11-13-21(22(28)27(18)16-19)25-23(29)24-15-17(2)26-33(30,31)20-8-6-5-7-9-20;1-16(26-33(30,31)19-6-3-2-4-7-19)14-24-22(29)25-20-11-9-17-8-10-18(32-13-5-12-23)15-27(17)21(20)28/h1-3,5-10,14,19,29H,4,11-13H2,(H,32,33)(H4,24,25,26)(H2,27,28,34);2-4,6-11,15-16,29H,5,12-14H2,1H3,(H4,24,25,26)(H2,27,28,32);5-13,16-17,26H,3-4,14-15H2,1-2H3,(H2,24,25,29);2-4,6-11,15-16,26H,5,12-14,23H2,1H3,(H2,24,25,29)/t19-;16-;17-;16-/m0111/s1. The van der Waals surface area contributed by atoms with Crippen molar-refractivity contribution in [1.82, 2.24) is 57.8 Å². The molecule has 8 heterocycles. The van der Waals surface area contributed by atoms with Gasteiger partial charge in [0, 0.05) is 92.3 Å². The van der Waals surface area contributed by atoms with Crippen molar-refractivity contribution in [2.75, 3.05) is 93.5 Å². The first-order chi connectivity index (χ1) is 66.8. The summed E-state index contributed by atoms with van der Waals surface area (Å²) in [5.74, 6) is 0.452. The molecule has 0 saturated carbocycles. The molecule has 0 radical (unpaired) electrons. The fraction of sp³-hybridized carbons (Fsp3) is 0.264. The molecule has 0 unspecified atom stereocenters. The van der Waals surface area contributed by atoms with Gasteiger partial charge in [0.25, 0.3) is 22.2 Å². The van der Waals surface area contributed by atoms with Gasteiger partial charge in [-0.25, -0.2) is 67.0 Å². The molecule has 45 nitrogen and oxygen atoms in total. The van der Waals surface area contributed by atoms with Crippen LogP contribution in [0.4, 0.5) is 41.9 Å². The van der Waals surface area contributed by atoms with E-state index in [9.17, 15) is 81.9 Å². The van der Waals surface area contributed by atoms with Crippen molar-refractivity contribution in [2.45, 2.75) is 104 Å². The number of carbonyl (C=O) groups is 5. The molecule has 12 aromatic rings. The number of carboxylic acid groups (broad SMARTS) is 1. The SMILES string of the molecule is CCCCOc1ccc2ccc(NC(=O)NC[C@@H](C)NS(=O)(=O)c3ccccc3)c(=O)n2c1.C[C@H](CNC(=O)Nc1ccc2ccc(OCCCN)cn2c1=O)NS(=O)(=O)c1ccccc1.C[C@H](CNC(=O)Nc1ccc2ccc(OCCCN=C(N)N)cn2c1=O)NS(=O)(=O)c1ccccc1.NC(N)=NCCCOc1ccc2ccc(NC(=O)NC[C@H](NS(=O)(=O)c3ccccc3)C(=O)O)c(=O)n2c1. The summed E-state index contributed by atoms with van der Waals surface area (Å²) in [6.07, 6.45) is 9.88. The first kappa shape index (κ1) is 108. The van der Waals surface area contributed by atoms with Crippen LogP contribution in [0.3, 0.4) is 0 Å². The second-order valence-corrected chi connectivity index (χ2v) is 37.6. The molecular weight excluding hydrogens is 1900 g/mol. The Labute approximate surface area is 805 Å². The van der Waals surface area contributed by atoms with Crippen LogP contribution < -0.4 is 131 Å². The zero-order valence-electron chi connectivity index (χ0n) is 76.4. The van der Waals surface area contributed by atoms with Gasteiger partial charge in [0.15, 0.2) is 11.9 Å². The number of guanidine groups is 2. The summed E-state index contributed by atoms with van der Waals surface area (Å²) in [6.45, 7) is 9.36. The number of rotatable bonds is 43. The molecule has 0 bridgehead atoms. The van der Waals surface area contributed by atoms with E-state index in [-0.39, 0.29) is 73.9 Å². The molecule has 23 N–H and O–H groups in total. The number of carbonyl (C=O) groups excluding carboxylic acids is 4. The van der Waals surface area contributed by atoms with E-state index in [2.05, 4.69) is 73.6 Å². The summed E-state index contributed by atoms with van der Waals surface area (Å²) < 4.78 is 137. The van der Waals surface area contributed by atoms with Gasteiger partial charge in [0.1, 0.15) is 51.8 Å². The van der Waals surface area contributed by atoms with Crippen LogP contribution in [0.15, 0.2) is 292 Å². The first-order valence-electron chi connectivity index (χ1n) is 43.5. The zero-order chi connectivity index (χ0) is 102. The minimum absolute atomic E-state index is 0.00461. The van der Waals surface area contributed by atoms with Gasteiger partial charge in [0.05, 0.1) is 70.8 Å². The van der Waals surface area contributed by atoms with E-state index < -0.39 is 123 Å². The Bertz CT molecular complexity index is 6870. The largest absolute Gasteiger partial charge is 0.492 e. The van der Waals surface area contributed by atoms with E-state index in [1.54, 1.807) is 167 Å². The number of nitrogens with one attached hydrogen (secondary N) is 12. The molecule has 4 aromatic carbocycles. The first-order valence-corrected chi connectivity index (χ1v) is 49.4. The summed E-state index contributed by atoms with van der Waals surface area (Å²) in [6, 6.07) is 51.3. The molecule has 0 aliphatic heterocycles. The summed E-state index contributed by atoms with van der Waals surface area (Å²) in [5.41, 5.74) is 27.3. The Balaban J connectivity index is 0.000000209. The number of hydrogen-bond donors (Lipinski definition) is 18. The number of sulfonamides is 4. The maximum Gasteiger partial charge on any atom is 0.323 e. The molecule has 49 heteroatoms. The van der Waals surface area contributed by atoms with Crippen LogP contribution in [0.1, 0.15) is 59.8 Å². The van der Waals surface area contributed by atoms with Gasteiger partial charge < -0.3 is 95.3 Å². The highest BCUT2D eigenvalue weighted by atomic mass is 32.2. The van der Waals surface area contributed by atoms with Crippen molar-refractivity contribution in [3.63, 3.8) is 0 Å². The monoisotopic (exact) mass is 2010 g/mol. The van der Waals surface area contributed by atoms with Crippen molar-refractivity contribution < 1.29 is 81.7 Å². The number of unbranched alkanes of at least 4 members (excludes halogenated alkanes) is 1. The van der Waals surface area contributed by atoms with Gasteiger partial charge in [0.2, 0.25) is 40.1 Å². The number of amides is 8. The number of ether oxygens (including phenoxy) is 4. The minimum Gasteiger partial charge on any atom is -0.492 e. The van der Waals surface area contributed by atoms with Crippen LogP contribution in [0.5, 0.6) is 23.0 Å². The van der Waals surface area contributed by atoms with Gasteiger partial charge in [-0.3, -0.25) is 51.6 Å². The van der Waals surface area contributed by atoms with Gasteiger partial charge in [-0.15, -0.1) is 0 Å². The molecular formula is C91H111N23O22S4. The van der Waals surface area contributed by atoms with E-state index in [0.717, 1.165) is 12.8 Å². The molecule has 0 saturated heterocycles. The van der Waals surface area contributed by atoms with Crippen molar-refractivity contribution in [2.24, 2.45) is 38.7 Å². The van der Waals surface area contributed by atoms with Crippen LogP contribution in [0, 0.1) is 0 Å². The van der Waals surface area contributed by atoms with E-state index >= 15 is 0 Å². The number of carboxylic acids is 1. The predicted octanol–water partition coefficient (Wildman–Crippen LogP) is 5.21. The van der Waals surface area contributed by atoms with Crippen LogP contribution in [-0.2, 0) is 44.9 Å². The van der Waals surface area contributed by atoms with Crippen LogP contribution in [0.2, 0.25) is 0 Å². The summed E-state index contributed by atoms with van der Waals surface area (Å²) in [4.78, 5) is 120. The Hall–Kier alpha value is -15.5. The number of nitrogens with zero attached hydrogens (tertiary/aromatic N) is 6. The Morgan fingerprint density at radius 3 is 0.836 bits per heavy atom. The van der Waals surface area contributed by atoms with Crippen LogP contribution in [0.25, 0.3) is 22.1 Å². The zero-order valence-corrected chi connectivity index (χ0v) is 79.7. The van der Waals surface area contributed by atoms with Crippen LogP contribution >= 0.6 is 0 Å². The molecule has 0 aliphatic carbocycles. The second-order valence-electron chi connectivity index (χ2n) is 30.7. The molecule has 12 rings (SSSR count). The number of aromatic nitrogens is 4. The average Bonchev–Trinajstić information content (AvgIpc) is 0.810. The fourth-order valence-corrected chi connectivity index (χ4v) is 17.5. The lowest BCUT2D eigenvalue weighted by atomic mass is 10.3. The minimum atomic E-state index is -4.15. The molecule has 140 heavy (non-hydrogen) atoms. The number of hydrogen-bond acceptors (Lipinski definition) is 24.